The van der Waals surface area contributed by atoms with Crippen molar-refractivity contribution in [3.63, 3.8) is 0 Å². The normalized spacial score (nSPS) is 12.2. The Labute approximate surface area is 150 Å². The predicted molar refractivity (Wildman–Crippen MR) is 104 cm³/mol. The fourth-order valence-corrected chi connectivity index (χ4v) is 2.60. The molecule has 122 valence electrons. The third-order valence-electron chi connectivity index (χ3n) is 2.85. The van der Waals surface area contributed by atoms with Gasteiger partial charge in [0.15, 0.2) is 5.96 Å². The summed E-state index contributed by atoms with van der Waals surface area (Å²) in [4.78, 5) is 8.91. The fourth-order valence-electron chi connectivity index (χ4n) is 1.58. The molecule has 0 saturated carbocycles. The highest BCUT2D eigenvalue weighted by Gasteiger charge is 2.17. The van der Waals surface area contributed by atoms with Gasteiger partial charge in [0.2, 0.25) is 0 Å². The van der Waals surface area contributed by atoms with Gasteiger partial charge in [-0.15, -0.1) is 35.3 Å². The van der Waals surface area contributed by atoms with Crippen molar-refractivity contribution in [2.45, 2.75) is 46.5 Å². The van der Waals surface area contributed by atoms with E-state index in [1.165, 1.54) is 10.7 Å². The second kappa shape index (κ2) is 9.61. The first-order valence-corrected chi connectivity index (χ1v) is 8.10. The summed E-state index contributed by atoms with van der Waals surface area (Å²) in [5.74, 6) is 1.48. The van der Waals surface area contributed by atoms with Crippen LogP contribution in [0.3, 0.4) is 0 Å². The zero-order chi connectivity index (χ0) is 15.2. The van der Waals surface area contributed by atoms with E-state index in [9.17, 15) is 0 Å². The summed E-state index contributed by atoms with van der Waals surface area (Å²) in [5.41, 5.74) is 1.32. The van der Waals surface area contributed by atoms with Crippen molar-refractivity contribution in [1.82, 2.24) is 15.6 Å². The molecule has 0 unspecified atom stereocenters. The van der Waals surface area contributed by atoms with Crippen LogP contribution in [0.5, 0.6) is 0 Å². The lowest BCUT2D eigenvalue weighted by molar-refractivity contribution is 0.570. The highest BCUT2D eigenvalue weighted by Crippen LogP contribution is 2.23. The van der Waals surface area contributed by atoms with Crippen LogP contribution in [0.15, 0.2) is 10.4 Å². The van der Waals surface area contributed by atoms with E-state index in [1.807, 2.05) is 0 Å². The lowest BCUT2D eigenvalue weighted by Gasteiger charge is -2.14. The molecule has 1 aromatic rings. The molecule has 0 saturated heterocycles. The summed E-state index contributed by atoms with van der Waals surface area (Å²) in [5, 5.41) is 9.98. The minimum absolute atomic E-state index is 0. The van der Waals surface area contributed by atoms with Crippen molar-refractivity contribution in [3.8, 4) is 0 Å². The average Bonchev–Trinajstić information content (AvgIpc) is 2.81. The smallest absolute Gasteiger partial charge is 0.190 e. The van der Waals surface area contributed by atoms with Gasteiger partial charge in [0, 0.05) is 37.4 Å². The maximum atomic E-state index is 4.70. The molecule has 0 fully saturated rings. The first-order chi connectivity index (χ1) is 9.32. The third-order valence-corrected chi connectivity index (χ3v) is 3.76. The predicted octanol–water partition coefficient (Wildman–Crippen LogP) is 3.42. The van der Waals surface area contributed by atoms with Gasteiger partial charge in [0.1, 0.15) is 0 Å². The summed E-state index contributed by atoms with van der Waals surface area (Å²) in [6.45, 7) is 12.7. The van der Waals surface area contributed by atoms with E-state index in [-0.39, 0.29) is 29.4 Å². The highest BCUT2D eigenvalue weighted by atomic mass is 127. The van der Waals surface area contributed by atoms with Crippen LogP contribution in [-0.4, -0.2) is 31.1 Å². The molecule has 0 aliphatic rings. The van der Waals surface area contributed by atoms with E-state index in [1.54, 1.807) is 18.4 Å². The fraction of sp³-hybridized carbons (Fsp3) is 0.733. The summed E-state index contributed by atoms with van der Waals surface area (Å²) in [6, 6.07) is 0. The van der Waals surface area contributed by atoms with Gasteiger partial charge in [0.25, 0.3) is 0 Å². The van der Waals surface area contributed by atoms with Gasteiger partial charge in [0.05, 0.1) is 10.7 Å². The summed E-state index contributed by atoms with van der Waals surface area (Å²) >= 11 is 1.74. The first kappa shape index (κ1) is 20.6. The Hall–Kier alpha value is -0.370. The molecule has 1 rings (SSSR count). The van der Waals surface area contributed by atoms with Crippen LogP contribution in [0.25, 0.3) is 0 Å². The van der Waals surface area contributed by atoms with E-state index in [0.717, 1.165) is 25.5 Å². The van der Waals surface area contributed by atoms with Crippen molar-refractivity contribution in [3.05, 3.63) is 16.1 Å². The standard InChI is InChI=1S/C15H28N4S.HI/c1-11(2)9-18-14(16-6)17-8-7-13-19-12(10-20-13)15(3,4)5;/h10-11H,7-9H2,1-6H3,(H2,16,17,18);1H. The van der Waals surface area contributed by atoms with Crippen molar-refractivity contribution < 1.29 is 0 Å². The Kier molecular flexibility index (Phi) is 9.44. The van der Waals surface area contributed by atoms with Gasteiger partial charge in [-0.05, 0) is 5.92 Å². The number of rotatable bonds is 5. The molecular formula is C15H29IN4S. The van der Waals surface area contributed by atoms with Crippen molar-refractivity contribution >= 4 is 41.3 Å². The number of nitrogens with one attached hydrogen (secondary N) is 2. The van der Waals surface area contributed by atoms with Gasteiger partial charge in [-0.2, -0.15) is 0 Å². The van der Waals surface area contributed by atoms with Crippen LogP contribution in [0.4, 0.5) is 0 Å². The Morgan fingerprint density at radius 1 is 1.33 bits per heavy atom. The lowest BCUT2D eigenvalue weighted by atomic mass is 9.93. The highest BCUT2D eigenvalue weighted by molar-refractivity contribution is 14.0. The molecule has 2 N–H and O–H groups in total. The molecule has 0 spiro atoms. The number of hydrogen-bond acceptors (Lipinski definition) is 3. The van der Waals surface area contributed by atoms with Crippen molar-refractivity contribution in [2.24, 2.45) is 10.9 Å². The van der Waals surface area contributed by atoms with E-state index in [4.69, 9.17) is 4.98 Å². The van der Waals surface area contributed by atoms with Crippen LogP contribution in [0.2, 0.25) is 0 Å². The molecule has 0 aliphatic heterocycles. The molecule has 0 atom stereocenters. The summed E-state index contributed by atoms with van der Waals surface area (Å²) < 4.78 is 0. The van der Waals surface area contributed by atoms with E-state index >= 15 is 0 Å². The molecule has 1 aromatic heterocycles. The monoisotopic (exact) mass is 424 g/mol. The van der Waals surface area contributed by atoms with Crippen molar-refractivity contribution in [1.29, 1.82) is 0 Å². The molecule has 0 aliphatic carbocycles. The molecule has 1 heterocycles. The van der Waals surface area contributed by atoms with Gasteiger partial charge >= 0.3 is 0 Å². The summed E-state index contributed by atoms with van der Waals surface area (Å²) in [7, 11) is 1.80. The lowest BCUT2D eigenvalue weighted by Crippen LogP contribution is -2.39. The van der Waals surface area contributed by atoms with Crippen LogP contribution in [-0.2, 0) is 11.8 Å². The Morgan fingerprint density at radius 3 is 2.48 bits per heavy atom. The third kappa shape index (κ3) is 7.99. The number of guanidine groups is 1. The number of nitrogens with zero attached hydrogens (tertiary/aromatic N) is 2. The minimum Gasteiger partial charge on any atom is -0.356 e. The van der Waals surface area contributed by atoms with E-state index < -0.39 is 0 Å². The Morgan fingerprint density at radius 2 is 2.00 bits per heavy atom. The molecule has 6 heteroatoms. The zero-order valence-electron chi connectivity index (χ0n) is 14.0. The minimum atomic E-state index is 0. The molecule has 21 heavy (non-hydrogen) atoms. The van der Waals surface area contributed by atoms with E-state index in [0.29, 0.717) is 5.92 Å². The SMILES string of the molecule is CN=C(NCCc1nc(C(C)(C)C)cs1)NCC(C)C.I. The number of aromatic nitrogens is 1. The molecule has 0 bridgehead atoms. The Bertz CT molecular complexity index is 435. The van der Waals surface area contributed by atoms with Crippen LogP contribution in [0, 0.1) is 5.92 Å². The van der Waals surface area contributed by atoms with Gasteiger partial charge < -0.3 is 10.6 Å². The second-order valence-corrected chi connectivity index (χ2v) is 7.34. The van der Waals surface area contributed by atoms with E-state index in [2.05, 4.69) is 55.6 Å². The van der Waals surface area contributed by atoms with Crippen LogP contribution < -0.4 is 10.6 Å². The first-order valence-electron chi connectivity index (χ1n) is 7.22. The van der Waals surface area contributed by atoms with Gasteiger partial charge in [-0.25, -0.2) is 4.98 Å². The molecular weight excluding hydrogens is 395 g/mol. The molecule has 0 radical (unpaired) electrons. The number of hydrogen-bond donors (Lipinski definition) is 2. The number of halogens is 1. The molecule has 0 amide bonds. The second-order valence-electron chi connectivity index (χ2n) is 6.40. The molecule has 4 nitrogen and oxygen atoms in total. The van der Waals surface area contributed by atoms with Crippen molar-refractivity contribution in [2.75, 3.05) is 20.1 Å². The van der Waals surface area contributed by atoms with Crippen LogP contribution in [0.1, 0.15) is 45.3 Å². The largest absolute Gasteiger partial charge is 0.356 e. The topological polar surface area (TPSA) is 49.3 Å². The Balaban J connectivity index is 0.00000400. The maximum Gasteiger partial charge on any atom is 0.190 e. The zero-order valence-corrected chi connectivity index (χ0v) is 17.1. The van der Waals surface area contributed by atoms with Gasteiger partial charge in [-0.3, -0.25) is 4.99 Å². The van der Waals surface area contributed by atoms with Gasteiger partial charge in [-0.1, -0.05) is 34.6 Å². The summed E-state index contributed by atoms with van der Waals surface area (Å²) in [6.07, 6.45) is 0.934. The number of thiazole rings is 1. The maximum absolute atomic E-state index is 4.70. The quantitative estimate of drug-likeness (QED) is 0.433. The molecule has 0 aromatic carbocycles. The average molecular weight is 424 g/mol. The van der Waals surface area contributed by atoms with Crippen LogP contribution >= 0.6 is 35.3 Å². The number of aliphatic imine (C=N–C) groups is 1.